The molecule has 1 aromatic rings. The van der Waals surface area contributed by atoms with Gasteiger partial charge in [-0.1, -0.05) is 11.1 Å². The molecule has 1 amide bonds. The molecule has 0 saturated heterocycles. The number of aliphatic carboxylic acids is 1. The largest absolute Gasteiger partial charge is 0.481 e. The molecule has 148 valence electrons. The maximum atomic E-state index is 13.2. The van der Waals surface area contributed by atoms with Gasteiger partial charge in [0.2, 0.25) is 12.7 Å². The number of hydrogen-bond acceptors (Lipinski definition) is 5. The zero-order valence-corrected chi connectivity index (χ0v) is 16.1. The predicted octanol–water partition coefficient (Wildman–Crippen LogP) is 3.25. The van der Waals surface area contributed by atoms with E-state index >= 15 is 0 Å². The van der Waals surface area contributed by atoms with Gasteiger partial charge in [-0.3, -0.25) is 14.4 Å². The van der Waals surface area contributed by atoms with Crippen LogP contribution in [-0.2, 0) is 9.59 Å². The first kappa shape index (κ1) is 18.5. The van der Waals surface area contributed by atoms with Crippen molar-refractivity contribution >= 4 is 23.3 Å². The Balaban J connectivity index is 1.68. The Kier molecular flexibility index (Phi) is 4.40. The van der Waals surface area contributed by atoms with Gasteiger partial charge in [-0.25, -0.2) is 0 Å². The average molecular weight is 385 g/mol. The Hall–Kier alpha value is -2.83. The number of fused-ring (bicyclic) bond motifs is 3. The summed E-state index contributed by atoms with van der Waals surface area (Å²) < 4.78 is 10.7. The predicted molar refractivity (Wildman–Crippen MR) is 100 cm³/mol. The number of rotatable bonds is 4. The van der Waals surface area contributed by atoms with Crippen LogP contribution in [0.5, 0.6) is 11.5 Å². The molecule has 7 nitrogen and oxygen atoms in total. The van der Waals surface area contributed by atoms with Crippen molar-refractivity contribution in [2.75, 3.05) is 12.1 Å². The second kappa shape index (κ2) is 6.65. The average Bonchev–Trinajstić information content (AvgIpc) is 3.32. The summed E-state index contributed by atoms with van der Waals surface area (Å²) >= 11 is 0. The second-order valence-electron chi connectivity index (χ2n) is 7.93. The molecule has 28 heavy (non-hydrogen) atoms. The number of amides is 1. The Morgan fingerprint density at radius 1 is 1.00 bits per heavy atom. The van der Waals surface area contributed by atoms with Crippen molar-refractivity contribution in [1.29, 1.82) is 0 Å². The number of ketones is 1. The lowest BCUT2D eigenvalue weighted by Gasteiger charge is -2.26. The number of carbonyl (C=O) groups excluding carboxylic acids is 2. The van der Waals surface area contributed by atoms with Crippen LogP contribution in [0.25, 0.3) is 0 Å². The van der Waals surface area contributed by atoms with Crippen molar-refractivity contribution in [3.05, 3.63) is 28.8 Å². The summed E-state index contributed by atoms with van der Waals surface area (Å²) in [7, 11) is 0. The molecule has 0 radical (unpaired) electrons. The summed E-state index contributed by atoms with van der Waals surface area (Å²) in [5.41, 5.74) is 2.86. The minimum absolute atomic E-state index is 0.0570. The smallest absolute Gasteiger partial charge is 0.307 e. The molecular weight excluding hydrogens is 362 g/mol. The number of carbonyl (C=O) groups is 3. The molecule has 2 saturated carbocycles. The highest BCUT2D eigenvalue weighted by Crippen LogP contribution is 2.57. The molecule has 4 atom stereocenters. The first-order valence-corrected chi connectivity index (χ1v) is 9.45. The molecule has 1 aliphatic heterocycles. The Morgan fingerprint density at radius 2 is 1.61 bits per heavy atom. The van der Waals surface area contributed by atoms with Gasteiger partial charge in [0.25, 0.3) is 0 Å². The summed E-state index contributed by atoms with van der Waals surface area (Å²) in [6.45, 7) is 5.42. The van der Waals surface area contributed by atoms with Crippen LogP contribution in [0.15, 0.2) is 23.3 Å². The van der Waals surface area contributed by atoms with E-state index < -0.39 is 17.8 Å². The standard InChI is InChI=1S/C21H23NO6/c1-9(2)17-11-4-5-12(17)19(21(25)26)18(11)20(24)22-14-7-16-15(27-8-28-16)6-13(14)10(3)23/h6-7,11-12,18-19H,4-5,8H2,1-3H3,(H,22,24)(H,25,26)/t11-,12-,18-,19-/m0/s1. The van der Waals surface area contributed by atoms with Gasteiger partial charge < -0.3 is 19.9 Å². The molecule has 7 heteroatoms. The Morgan fingerprint density at radius 3 is 2.18 bits per heavy atom. The number of benzene rings is 1. The normalized spacial score (nSPS) is 27.0. The SMILES string of the molecule is CC(=O)c1cc2c(cc1NC(=O)[C@@H]1[C@@H](C(=O)O)[C@H]3CC[C@H]1C3=C(C)C)OCO2. The van der Waals surface area contributed by atoms with Crippen molar-refractivity contribution in [2.24, 2.45) is 23.7 Å². The van der Waals surface area contributed by atoms with Crippen LogP contribution in [0, 0.1) is 23.7 Å². The molecule has 3 aliphatic rings. The molecule has 1 heterocycles. The van der Waals surface area contributed by atoms with Gasteiger partial charge in [-0.2, -0.15) is 0 Å². The fourth-order valence-electron chi connectivity index (χ4n) is 5.16. The van der Waals surface area contributed by atoms with E-state index in [9.17, 15) is 19.5 Å². The van der Waals surface area contributed by atoms with Crippen LogP contribution in [0.3, 0.4) is 0 Å². The van der Waals surface area contributed by atoms with E-state index in [2.05, 4.69) is 5.32 Å². The van der Waals surface area contributed by atoms with Crippen molar-refractivity contribution in [2.45, 2.75) is 33.6 Å². The Bertz CT molecular complexity index is 914. The number of anilines is 1. The van der Waals surface area contributed by atoms with Crippen LogP contribution in [0.2, 0.25) is 0 Å². The number of ether oxygens (including phenoxy) is 2. The van der Waals surface area contributed by atoms with E-state index in [-0.39, 0.29) is 30.3 Å². The molecule has 2 bridgehead atoms. The van der Waals surface area contributed by atoms with Crippen LogP contribution in [-0.4, -0.2) is 29.6 Å². The lowest BCUT2D eigenvalue weighted by Crippen LogP contribution is -2.38. The summed E-state index contributed by atoms with van der Waals surface area (Å²) in [6, 6.07) is 3.12. The van der Waals surface area contributed by atoms with Crippen LogP contribution in [0.4, 0.5) is 5.69 Å². The highest BCUT2D eigenvalue weighted by atomic mass is 16.7. The van der Waals surface area contributed by atoms with Crippen molar-refractivity contribution < 1.29 is 29.0 Å². The fraction of sp³-hybridized carbons (Fsp3) is 0.476. The zero-order valence-electron chi connectivity index (χ0n) is 16.1. The van der Waals surface area contributed by atoms with E-state index in [1.807, 2.05) is 13.8 Å². The van der Waals surface area contributed by atoms with E-state index in [0.29, 0.717) is 22.7 Å². The zero-order chi connectivity index (χ0) is 20.2. The van der Waals surface area contributed by atoms with Crippen molar-refractivity contribution in [3.8, 4) is 11.5 Å². The van der Waals surface area contributed by atoms with Gasteiger partial charge in [0.05, 0.1) is 17.5 Å². The lowest BCUT2D eigenvalue weighted by atomic mass is 9.78. The first-order valence-electron chi connectivity index (χ1n) is 9.45. The molecule has 0 spiro atoms. The van der Waals surface area contributed by atoms with Crippen molar-refractivity contribution in [3.63, 3.8) is 0 Å². The van der Waals surface area contributed by atoms with E-state index in [4.69, 9.17) is 9.47 Å². The third-order valence-electron chi connectivity index (χ3n) is 6.16. The molecule has 0 unspecified atom stereocenters. The maximum Gasteiger partial charge on any atom is 0.307 e. The second-order valence-corrected chi connectivity index (χ2v) is 7.93. The topological polar surface area (TPSA) is 102 Å². The highest BCUT2D eigenvalue weighted by molar-refractivity contribution is 6.06. The highest BCUT2D eigenvalue weighted by Gasteiger charge is 2.57. The molecule has 2 aliphatic carbocycles. The van der Waals surface area contributed by atoms with Crippen LogP contribution >= 0.6 is 0 Å². The van der Waals surface area contributed by atoms with E-state index in [0.717, 1.165) is 24.0 Å². The number of hydrogen-bond donors (Lipinski definition) is 2. The van der Waals surface area contributed by atoms with Gasteiger partial charge in [-0.05, 0) is 51.5 Å². The maximum absolute atomic E-state index is 13.2. The van der Waals surface area contributed by atoms with Crippen LogP contribution in [0.1, 0.15) is 44.0 Å². The monoisotopic (exact) mass is 385 g/mol. The third kappa shape index (κ3) is 2.77. The molecule has 2 N–H and O–H groups in total. The molecule has 1 aromatic carbocycles. The molecule has 4 rings (SSSR count). The van der Waals surface area contributed by atoms with Gasteiger partial charge in [0, 0.05) is 11.6 Å². The van der Waals surface area contributed by atoms with Gasteiger partial charge >= 0.3 is 5.97 Å². The molecular formula is C21H23NO6. The quantitative estimate of drug-likeness (QED) is 0.609. The minimum atomic E-state index is -0.941. The van der Waals surface area contributed by atoms with E-state index in [1.54, 1.807) is 12.1 Å². The number of carboxylic acids is 1. The van der Waals surface area contributed by atoms with Gasteiger partial charge in [0.15, 0.2) is 17.3 Å². The van der Waals surface area contributed by atoms with Gasteiger partial charge in [-0.15, -0.1) is 0 Å². The molecule has 0 aromatic heterocycles. The van der Waals surface area contributed by atoms with E-state index in [1.165, 1.54) is 6.92 Å². The summed E-state index contributed by atoms with van der Waals surface area (Å²) in [5, 5.41) is 12.6. The number of nitrogens with one attached hydrogen (secondary N) is 1. The Labute approximate surface area is 162 Å². The summed E-state index contributed by atoms with van der Waals surface area (Å²) in [6.07, 6.45) is 1.61. The summed E-state index contributed by atoms with van der Waals surface area (Å²) in [5.74, 6) is -2.15. The number of Topliss-reactive ketones (excluding diaryl/α,β-unsaturated/α-hetero) is 1. The third-order valence-corrected chi connectivity index (χ3v) is 6.16. The minimum Gasteiger partial charge on any atom is -0.481 e. The fourth-order valence-corrected chi connectivity index (χ4v) is 5.16. The van der Waals surface area contributed by atoms with Crippen molar-refractivity contribution in [1.82, 2.24) is 0 Å². The lowest BCUT2D eigenvalue weighted by molar-refractivity contribution is -0.148. The van der Waals surface area contributed by atoms with Gasteiger partial charge in [0.1, 0.15) is 0 Å². The first-order chi connectivity index (χ1) is 13.3. The summed E-state index contributed by atoms with van der Waals surface area (Å²) in [4.78, 5) is 37.2. The number of allylic oxidation sites excluding steroid dienone is 2. The molecule has 2 fully saturated rings. The van der Waals surface area contributed by atoms with Crippen LogP contribution < -0.4 is 14.8 Å². The number of carboxylic acid groups (broad SMARTS) is 1.